The topological polar surface area (TPSA) is 87.4 Å². The molecule has 1 atom stereocenters. The van der Waals surface area contributed by atoms with Gasteiger partial charge in [-0.05, 0) is 30.7 Å². The summed E-state index contributed by atoms with van der Waals surface area (Å²) in [5, 5.41) is -1.52. The molecule has 0 saturated heterocycles. The molecule has 29 heavy (non-hydrogen) atoms. The van der Waals surface area contributed by atoms with Gasteiger partial charge in [-0.15, -0.1) is 0 Å². The maximum Gasteiger partial charge on any atom is 0.431 e. The molecular formula is C16H10Cl2F4N2O5. The van der Waals surface area contributed by atoms with Gasteiger partial charge in [-0.1, -0.05) is 11.6 Å². The molecule has 0 fully saturated rings. The number of ether oxygens (including phenoxy) is 1. The molecule has 0 aliphatic rings. The third kappa shape index (κ3) is 4.51. The predicted octanol–water partition coefficient (Wildman–Crippen LogP) is 2.66. The fourth-order valence-corrected chi connectivity index (χ4v) is 2.53. The van der Waals surface area contributed by atoms with Crippen LogP contribution in [0.3, 0.4) is 0 Å². The van der Waals surface area contributed by atoms with Crippen LogP contribution in [0.1, 0.15) is 23.0 Å². The van der Waals surface area contributed by atoms with E-state index in [1.54, 1.807) is 0 Å². The van der Waals surface area contributed by atoms with Crippen molar-refractivity contribution < 1.29 is 31.9 Å². The molecule has 0 aliphatic carbocycles. The molecule has 2 rings (SSSR count). The normalized spacial score (nSPS) is 12.6. The van der Waals surface area contributed by atoms with Crippen LogP contribution in [0, 0.1) is 5.82 Å². The Bertz CT molecular complexity index is 1120. The van der Waals surface area contributed by atoms with E-state index in [1.165, 1.54) is 0 Å². The second-order valence-corrected chi connectivity index (χ2v) is 6.46. The molecule has 0 aliphatic heterocycles. The Morgan fingerprint density at radius 1 is 1.17 bits per heavy atom. The summed E-state index contributed by atoms with van der Waals surface area (Å²) in [5.41, 5.74) is -5.96. The van der Waals surface area contributed by atoms with E-state index in [1.807, 2.05) is 0 Å². The number of aromatic nitrogens is 2. The van der Waals surface area contributed by atoms with Crippen molar-refractivity contribution >= 4 is 34.4 Å². The van der Waals surface area contributed by atoms with Crippen LogP contribution in [0.25, 0.3) is 5.69 Å². The fourth-order valence-electron chi connectivity index (χ4n) is 2.26. The molecule has 0 radical (unpaired) electrons. The summed E-state index contributed by atoms with van der Waals surface area (Å²) in [6.07, 6.45) is -6.40. The molecule has 0 N–H and O–H groups in total. The monoisotopic (exact) mass is 456 g/mol. The van der Waals surface area contributed by atoms with Gasteiger partial charge in [0.1, 0.15) is 11.5 Å². The molecule has 1 aromatic heterocycles. The third-order valence-electron chi connectivity index (χ3n) is 3.71. The minimum atomic E-state index is -5.01. The first-order valence-electron chi connectivity index (χ1n) is 7.55. The molecule has 1 aromatic carbocycles. The third-order valence-corrected chi connectivity index (χ3v) is 4.33. The van der Waals surface area contributed by atoms with Crippen LogP contribution >= 0.6 is 23.2 Å². The maximum absolute atomic E-state index is 14.4. The summed E-state index contributed by atoms with van der Waals surface area (Å²) < 4.78 is 58.1. The molecule has 0 saturated carbocycles. The zero-order chi connectivity index (χ0) is 22.3. The highest BCUT2D eigenvalue weighted by molar-refractivity contribution is 6.64. The number of benzene rings is 1. The number of hydrogen-bond donors (Lipinski definition) is 0. The predicted molar refractivity (Wildman–Crippen MR) is 93.0 cm³/mol. The zero-order valence-corrected chi connectivity index (χ0v) is 16.0. The first kappa shape index (κ1) is 22.6. The Balaban J connectivity index is 2.70. The van der Waals surface area contributed by atoms with E-state index in [0.717, 1.165) is 14.0 Å². The van der Waals surface area contributed by atoms with Crippen molar-refractivity contribution in [3.63, 3.8) is 0 Å². The summed E-state index contributed by atoms with van der Waals surface area (Å²) in [6.45, 7) is 1.14. The Morgan fingerprint density at radius 2 is 1.76 bits per heavy atom. The van der Waals surface area contributed by atoms with Crippen LogP contribution in [0.4, 0.5) is 17.6 Å². The van der Waals surface area contributed by atoms with E-state index in [4.69, 9.17) is 27.9 Å². The van der Waals surface area contributed by atoms with Gasteiger partial charge in [0.2, 0.25) is 0 Å². The largest absolute Gasteiger partial charge is 0.450 e. The van der Waals surface area contributed by atoms with E-state index in [9.17, 15) is 36.7 Å². The van der Waals surface area contributed by atoms with Gasteiger partial charge in [-0.3, -0.25) is 14.2 Å². The quantitative estimate of drug-likeness (QED) is 0.401. The number of alkyl halides is 3. The van der Waals surface area contributed by atoms with Gasteiger partial charge in [0.15, 0.2) is 6.10 Å². The van der Waals surface area contributed by atoms with Crippen LogP contribution in [-0.2, 0) is 22.8 Å². The minimum absolute atomic E-state index is 0.0911. The van der Waals surface area contributed by atoms with Gasteiger partial charge in [-0.25, -0.2) is 18.5 Å². The van der Waals surface area contributed by atoms with Crippen molar-refractivity contribution in [2.45, 2.75) is 19.2 Å². The molecule has 13 heteroatoms. The lowest BCUT2D eigenvalue weighted by atomic mass is 10.2. The number of nitrogens with zero attached hydrogens (tertiary/aromatic N) is 2. The van der Waals surface area contributed by atoms with Crippen molar-refractivity contribution in [3.8, 4) is 5.69 Å². The average Bonchev–Trinajstić information content (AvgIpc) is 2.58. The molecular weight excluding hydrogens is 447 g/mol. The van der Waals surface area contributed by atoms with Crippen molar-refractivity contribution in [1.29, 1.82) is 0 Å². The summed E-state index contributed by atoms with van der Waals surface area (Å²) in [4.78, 5) is 47.5. The van der Waals surface area contributed by atoms with Crippen LogP contribution in [-0.4, -0.2) is 26.4 Å². The highest BCUT2D eigenvalue weighted by atomic mass is 35.5. The second kappa shape index (κ2) is 7.99. The Kier molecular flexibility index (Phi) is 6.24. The summed E-state index contributed by atoms with van der Waals surface area (Å²) in [5.74, 6) is -2.51. The number of rotatable bonds is 4. The lowest BCUT2D eigenvalue weighted by Gasteiger charge is -2.15. The van der Waals surface area contributed by atoms with E-state index in [2.05, 4.69) is 0 Å². The number of esters is 1. The van der Waals surface area contributed by atoms with Gasteiger partial charge in [0.05, 0.1) is 16.3 Å². The molecule has 0 unspecified atom stereocenters. The maximum atomic E-state index is 14.4. The smallest absolute Gasteiger partial charge is 0.431 e. The molecule has 0 bridgehead atoms. The van der Waals surface area contributed by atoms with Crippen LogP contribution in [0.5, 0.6) is 0 Å². The van der Waals surface area contributed by atoms with Gasteiger partial charge in [0.25, 0.3) is 10.8 Å². The van der Waals surface area contributed by atoms with Crippen molar-refractivity contribution in [2.75, 3.05) is 0 Å². The van der Waals surface area contributed by atoms with Crippen LogP contribution in [0.15, 0.2) is 27.8 Å². The lowest BCUT2D eigenvalue weighted by molar-refractivity contribution is -0.144. The lowest BCUT2D eigenvalue weighted by Crippen LogP contribution is -2.41. The van der Waals surface area contributed by atoms with Crippen LogP contribution in [0.2, 0.25) is 5.02 Å². The Morgan fingerprint density at radius 3 is 2.28 bits per heavy atom. The summed E-state index contributed by atoms with van der Waals surface area (Å²) >= 11 is 10.9. The number of halogens is 6. The summed E-state index contributed by atoms with van der Waals surface area (Å²) in [6, 6.07) is 1.30. The Labute approximate surface area is 169 Å². The Hall–Kier alpha value is -2.66. The molecule has 0 spiro atoms. The molecule has 0 amide bonds. The highest BCUT2D eigenvalue weighted by Crippen LogP contribution is 2.28. The zero-order valence-electron chi connectivity index (χ0n) is 14.5. The fraction of sp³-hybridized carbons (Fsp3) is 0.250. The standard InChI is InChI=1S/C16H10Cl2F4N2O5/c1-6(13(18)26)29-14(27)7-3-10(9(19)4-8(7)17)24-12(25)5-11(16(20,21)22)23(2)15(24)28/h3-6H,1-2H3/t6-/m0/s1. The molecule has 1 heterocycles. The van der Waals surface area contributed by atoms with Gasteiger partial charge >= 0.3 is 17.8 Å². The van der Waals surface area contributed by atoms with E-state index >= 15 is 0 Å². The SMILES string of the molecule is C[C@H](OC(=O)c1cc(-n2c(=O)cc(C(F)(F)F)n(C)c2=O)c(F)cc1Cl)C(=O)Cl. The van der Waals surface area contributed by atoms with E-state index in [-0.39, 0.29) is 15.2 Å². The molecule has 2 aromatic rings. The number of carbonyl (C=O) groups excluding carboxylic acids is 2. The van der Waals surface area contributed by atoms with Gasteiger partial charge in [-0.2, -0.15) is 13.2 Å². The number of carbonyl (C=O) groups is 2. The van der Waals surface area contributed by atoms with E-state index < -0.39 is 62.5 Å². The van der Waals surface area contributed by atoms with Gasteiger partial charge < -0.3 is 4.74 Å². The average molecular weight is 457 g/mol. The summed E-state index contributed by atoms with van der Waals surface area (Å²) in [7, 11) is 0.734. The highest BCUT2D eigenvalue weighted by Gasteiger charge is 2.35. The molecule has 156 valence electrons. The van der Waals surface area contributed by atoms with Crippen LogP contribution < -0.4 is 11.2 Å². The van der Waals surface area contributed by atoms with Crippen molar-refractivity contribution in [1.82, 2.24) is 9.13 Å². The van der Waals surface area contributed by atoms with Gasteiger partial charge in [0, 0.05) is 13.1 Å². The van der Waals surface area contributed by atoms with E-state index in [0.29, 0.717) is 12.1 Å². The second-order valence-electron chi connectivity index (χ2n) is 5.68. The molecule has 7 nitrogen and oxygen atoms in total. The minimum Gasteiger partial charge on any atom is -0.450 e. The first-order chi connectivity index (χ1) is 13.3. The number of hydrogen-bond acceptors (Lipinski definition) is 5. The first-order valence-corrected chi connectivity index (χ1v) is 8.31. The van der Waals surface area contributed by atoms with Crippen molar-refractivity contribution in [3.05, 3.63) is 61.1 Å². The van der Waals surface area contributed by atoms with Crippen molar-refractivity contribution in [2.24, 2.45) is 7.05 Å².